The van der Waals surface area contributed by atoms with Crippen molar-refractivity contribution < 1.29 is 4.79 Å². The van der Waals surface area contributed by atoms with Crippen LogP contribution in [0.15, 0.2) is 65.7 Å². The lowest BCUT2D eigenvalue weighted by atomic mass is 10.0. The smallest absolute Gasteiger partial charge is 0.262 e. The van der Waals surface area contributed by atoms with Crippen LogP contribution in [0.3, 0.4) is 0 Å². The zero-order valence-corrected chi connectivity index (χ0v) is 18.2. The summed E-state index contributed by atoms with van der Waals surface area (Å²) in [6.45, 7) is 3.07. The van der Waals surface area contributed by atoms with E-state index >= 15 is 0 Å². The van der Waals surface area contributed by atoms with Crippen LogP contribution >= 0.6 is 11.3 Å². The van der Waals surface area contributed by atoms with Crippen LogP contribution in [0.2, 0.25) is 0 Å². The van der Waals surface area contributed by atoms with Gasteiger partial charge in [0.25, 0.3) is 5.56 Å². The fourth-order valence-corrected chi connectivity index (χ4v) is 5.40. The highest BCUT2D eigenvalue weighted by molar-refractivity contribution is 7.19. The number of aryl methyl sites for hydroxylation is 3. The number of para-hydroxylation sites is 1. The average molecular weight is 430 g/mol. The second-order valence-corrected chi connectivity index (χ2v) is 9.05. The molecule has 4 aromatic rings. The minimum Gasteiger partial charge on any atom is -0.312 e. The van der Waals surface area contributed by atoms with Crippen molar-refractivity contribution >= 4 is 33.1 Å². The van der Waals surface area contributed by atoms with Gasteiger partial charge in [-0.3, -0.25) is 14.2 Å². The van der Waals surface area contributed by atoms with Crippen molar-refractivity contribution in [3.8, 4) is 11.1 Å². The summed E-state index contributed by atoms with van der Waals surface area (Å²) in [7, 11) is 0. The Morgan fingerprint density at radius 3 is 2.71 bits per heavy atom. The highest BCUT2D eigenvalue weighted by Gasteiger charge is 2.22. The van der Waals surface area contributed by atoms with Gasteiger partial charge in [0, 0.05) is 35.6 Å². The van der Waals surface area contributed by atoms with E-state index in [0.29, 0.717) is 11.9 Å². The van der Waals surface area contributed by atoms with Gasteiger partial charge in [-0.05, 0) is 37.0 Å². The standard InChI is InChI=1S/C25H23N3O2S/c1-17-22(19-9-3-2-4-10-19)23-24(31-17)26-16-27(25(23)30)15-13-21(29)28-14-7-11-18-8-5-6-12-20(18)28/h2-6,8-10,12,16H,7,11,13-15H2,1H3. The average Bonchev–Trinajstić information content (AvgIpc) is 3.15. The molecule has 2 aromatic heterocycles. The van der Waals surface area contributed by atoms with E-state index < -0.39 is 0 Å². The number of hydrogen-bond acceptors (Lipinski definition) is 4. The van der Waals surface area contributed by atoms with Gasteiger partial charge in [0.2, 0.25) is 5.91 Å². The third-order valence-electron chi connectivity index (χ3n) is 5.90. The maximum atomic E-state index is 13.3. The molecule has 0 fully saturated rings. The van der Waals surface area contributed by atoms with E-state index in [2.05, 4.69) is 11.1 Å². The zero-order chi connectivity index (χ0) is 21.4. The Balaban J connectivity index is 1.44. The predicted molar refractivity (Wildman–Crippen MR) is 126 cm³/mol. The Labute approximate surface area is 184 Å². The summed E-state index contributed by atoms with van der Waals surface area (Å²) in [4.78, 5) is 34.5. The topological polar surface area (TPSA) is 55.2 Å². The Morgan fingerprint density at radius 2 is 1.87 bits per heavy atom. The molecule has 1 aliphatic heterocycles. The van der Waals surface area contributed by atoms with Crippen LogP contribution in [0.25, 0.3) is 21.3 Å². The quantitative estimate of drug-likeness (QED) is 0.468. The number of hydrogen-bond donors (Lipinski definition) is 0. The molecule has 5 rings (SSSR count). The van der Waals surface area contributed by atoms with Gasteiger partial charge in [-0.25, -0.2) is 4.98 Å². The van der Waals surface area contributed by atoms with Crippen LogP contribution in [-0.2, 0) is 17.8 Å². The van der Waals surface area contributed by atoms with Crippen molar-refractivity contribution in [2.75, 3.05) is 11.4 Å². The zero-order valence-electron chi connectivity index (χ0n) is 17.4. The molecule has 31 heavy (non-hydrogen) atoms. The number of anilines is 1. The summed E-state index contributed by atoms with van der Waals surface area (Å²) in [6, 6.07) is 18.0. The molecule has 0 atom stereocenters. The molecule has 156 valence electrons. The van der Waals surface area contributed by atoms with E-state index in [1.54, 1.807) is 10.9 Å². The molecule has 0 aliphatic carbocycles. The summed E-state index contributed by atoms with van der Waals surface area (Å²) < 4.78 is 1.58. The van der Waals surface area contributed by atoms with Gasteiger partial charge in [-0.15, -0.1) is 11.3 Å². The maximum Gasteiger partial charge on any atom is 0.262 e. The molecule has 1 amide bonds. The largest absolute Gasteiger partial charge is 0.312 e. The summed E-state index contributed by atoms with van der Waals surface area (Å²) in [5.41, 5.74) is 4.09. The van der Waals surface area contributed by atoms with Gasteiger partial charge in [-0.1, -0.05) is 48.5 Å². The number of amides is 1. The van der Waals surface area contributed by atoms with Crippen molar-refractivity contribution in [2.24, 2.45) is 0 Å². The van der Waals surface area contributed by atoms with Crippen molar-refractivity contribution in [2.45, 2.75) is 32.7 Å². The normalized spacial score (nSPS) is 13.4. The number of carbonyl (C=O) groups is 1. The van der Waals surface area contributed by atoms with Crippen LogP contribution in [-0.4, -0.2) is 22.0 Å². The molecule has 0 unspecified atom stereocenters. The van der Waals surface area contributed by atoms with Gasteiger partial charge in [-0.2, -0.15) is 0 Å². The molecule has 3 heterocycles. The second kappa shape index (κ2) is 8.12. The first kappa shape index (κ1) is 19.7. The molecule has 0 N–H and O–H groups in total. The number of aromatic nitrogens is 2. The van der Waals surface area contributed by atoms with E-state index in [0.717, 1.165) is 45.9 Å². The summed E-state index contributed by atoms with van der Waals surface area (Å²) in [5.74, 6) is 0.0453. The third-order valence-corrected chi connectivity index (χ3v) is 6.91. The number of fused-ring (bicyclic) bond motifs is 2. The second-order valence-electron chi connectivity index (χ2n) is 7.85. The van der Waals surface area contributed by atoms with Crippen LogP contribution in [0.5, 0.6) is 0 Å². The van der Waals surface area contributed by atoms with Gasteiger partial charge in [0.1, 0.15) is 4.83 Å². The van der Waals surface area contributed by atoms with Gasteiger partial charge in [0.15, 0.2) is 0 Å². The minimum atomic E-state index is -0.0833. The van der Waals surface area contributed by atoms with Crippen molar-refractivity contribution in [1.82, 2.24) is 9.55 Å². The van der Waals surface area contributed by atoms with Crippen molar-refractivity contribution in [3.63, 3.8) is 0 Å². The number of benzene rings is 2. The number of rotatable bonds is 4. The lowest BCUT2D eigenvalue weighted by molar-refractivity contribution is -0.118. The van der Waals surface area contributed by atoms with Gasteiger partial charge in [0.05, 0.1) is 11.7 Å². The van der Waals surface area contributed by atoms with Crippen LogP contribution in [0, 0.1) is 6.92 Å². The Hall–Kier alpha value is -3.25. The lowest BCUT2D eigenvalue weighted by Crippen LogP contribution is -2.36. The fraction of sp³-hybridized carbons (Fsp3) is 0.240. The van der Waals surface area contributed by atoms with E-state index in [-0.39, 0.29) is 17.9 Å². The molecule has 0 bridgehead atoms. The minimum absolute atomic E-state index is 0.0453. The van der Waals surface area contributed by atoms with E-state index in [1.165, 1.54) is 16.9 Å². The van der Waals surface area contributed by atoms with Gasteiger partial charge >= 0.3 is 0 Å². The summed E-state index contributed by atoms with van der Waals surface area (Å²) in [5, 5.41) is 0.645. The number of nitrogens with zero attached hydrogens (tertiary/aromatic N) is 3. The van der Waals surface area contributed by atoms with E-state index in [4.69, 9.17) is 0 Å². The van der Waals surface area contributed by atoms with Crippen LogP contribution in [0.1, 0.15) is 23.3 Å². The molecule has 5 nitrogen and oxygen atoms in total. The fourth-order valence-electron chi connectivity index (χ4n) is 4.39. The predicted octanol–water partition coefficient (Wildman–Crippen LogP) is 4.80. The molecule has 0 saturated carbocycles. The molecule has 6 heteroatoms. The molecule has 0 saturated heterocycles. The molecular weight excluding hydrogens is 406 g/mol. The van der Waals surface area contributed by atoms with E-state index in [9.17, 15) is 9.59 Å². The number of carbonyl (C=O) groups excluding carboxylic acids is 1. The first-order valence-corrected chi connectivity index (χ1v) is 11.4. The van der Waals surface area contributed by atoms with Crippen LogP contribution in [0.4, 0.5) is 5.69 Å². The molecule has 0 radical (unpaired) electrons. The van der Waals surface area contributed by atoms with Crippen molar-refractivity contribution in [1.29, 1.82) is 0 Å². The first-order valence-electron chi connectivity index (χ1n) is 10.6. The van der Waals surface area contributed by atoms with Crippen molar-refractivity contribution in [3.05, 3.63) is 81.7 Å². The third kappa shape index (κ3) is 3.57. The number of thiophene rings is 1. The molecule has 1 aliphatic rings. The highest BCUT2D eigenvalue weighted by atomic mass is 32.1. The molecule has 2 aromatic carbocycles. The Bertz CT molecular complexity index is 1320. The van der Waals surface area contributed by atoms with Gasteiger partial charge < -0.3 is 4.90 Å². The lowest BCUT2D eigenvalue weighted by Gasteiger charge is -2.29. The molecular formula is C25H23N3O2S. The summed E-state index contributed by atoms with van der Waals surface area (Å²) >= 11 is 1.54. The first-order chi connectivity index (χ1) is 15.1. The molecule has 0 spiro atoms. The highest BCUT2D eigenvalue weighted by Crippen LogP contribution is 2.35. The Morgan fingerprint density at radius 1 is 1.10 bits per heavy atom. The van der Waals surface area contributed by atoms with Crippen LogP contribution < -0.4 is 10.5 Å². The van der Waals surface area contributed by atoms with E-state index in [1.807, 2.05) is 60.4 Å². The monoisotopic (exact) mass is 429 g/mol. The maximum absolute atomic E-state index is 13.3. The summed E-state index contributed by atoms with van der Waals surface area (Å²) in [6.07, 6.45) is 3.81. The Kier molecular flexibility index (Phi) is 5.16. The SMILES string of the molecule is Cc1sc2ncn(CCC(=O)N3CCCc4ccccc43)c(=O)c2c1-c1ccccc1.